The standard InChI is InChI=1S/C97H100O2/c1-64-54-84(89(72(9)80-46-30-18-31-47-80)58-85(64)68(5)76-38-22-14-23-39-76)62-96(13,63-98)97(93-55-65(2)86(69(6)77-40-24-15-25-41-77)59-90(93)73(10)81-48-32-19-33-49-81,94-56-66(3)87(70(7)78-42-26-16-27-43-78)60-91(94)74(11)82-50-34-20-35-51-82)99-95-57-67(4)88(71(8)79-44-28-17-29-45-79)61-92(95)75(12)83-52-36-21-37-53-83/h14-61,68-75,98H,62-63H2,1-13H3. The van der Waals surface area contributed by atoms with Gasteiger partial charge in [-0.15, -0.1) is 0 Å². The second-order valence-electron chi connectivity index (χ2n) is 29.0. The summed E-state index contributed by atoms with van der Waals surface area (Å²) in [6.07, 6.45) is 0.448. The number of benzene rings is 12. The quantitative estimate of drug-likeness (QED) is 0.0653. The molecule has 9 unspecified atom stereocenters. The molecule has 0 saturated heterocycles. The molecule has 12 aromatic rings. The fourth-order valence-electron chi connectivity index (χ4n) is 16.5. The van der Waals surface area contributed by atoms with Crippen molar-refractivity contribution in [3.05, 3.63) is 419 Å². The highest BCUT2D eigenvalue weighted by atomic mass is 16.5. The fraction of sp³-hybridized carbons (Fsp3) is 0.258. The highest BCUT2D eigenvalue weighted by Crippen LogP contribution is 2.58. The number of aliphatic hydroxyl groups excluding tert-OH is 1. The summed E-state index contributed by atoms with van der Waals surface area (Å²) in [5.74, 6) is 0.700. The summed E-state index contributed by atoms with van der Waals surface area (Å²) in [5, 5.41) is 14.0. The molecule has 0 amide bonds. The van der Waals surface area contributed by atoms with E-state index in [1.165, 1.54) is 83.5 Å². The molecule has 0 fully saturated rings. The van der Waals surface area contributed by atoms with Gasteiger partial charge in [-0.2, -0.15) is 0 Å². The predicted molar refractivity (Wildman–Crippen MR) is 417 cm³/mol. The second-order valence-corrected chi connectivity index (χ2v) is 29.0. The van der Waals surface area contributed by atoms with Gasteiger partial charge in [-0.3, -0.25) is 0 Å². The van der Waals surface area contributed by atoms with Crippen molar-refractivity contribution in [1.82, 2.24) is 0 Å². The Morgan fingerprint density at radius 3 is 0.778 bits per heavy atom. The molecule has 0 aliphatic rings. The maximum absolute atomic E-state index is 14.0. The molecule has 1 N–H and O–H groups in total. The average Bonchev–Trinajstić information content (AvgIpc) is 0.699. The van der Waals surface area contributed by atoms with E-state index in [0.717, 1.165) is 50.3 Å². The molecule has 0 saturated carbocycles. The molecule has 9 atom stereocenters. The molecule has 0 heterocycles. The first-order valence-electron chi connectivity index (χ1n) is 36.2. The van der Waals surface area contributed by atoms with E-state index in [0.29, 0.717) is 6.42 Å². The van der Waals surface area contributed by atoms with Crippen LogP contribution in [-0.4, -0.2) is 11.7 Å². The van der Waals surface area contributed by atoms with Crippen LogP contribution in [0.2, 0.25) is 0 Å². The van der Waals surface area contributed by atoms with Gasteiger partial charge in [0.15, 0.2) is 5.60 Å². The second kappa shape index (κ2) is 30.3. The van der Waals surface area contributed by atoms with Crippen molar-refractivity contribution < 1.29 is 9.84 Å². The average molecular weight is 1300 g/mol. The zero-order valence-corrected chi connectivity index (χ0v) is 60.6. The molecule has 0 bridgehead atoms. The van der Waals surface area contributed by atoms with Gasteiger partial charge in [-0.05, 0) is 151 Å². The summed E-state index contributed by atoms with van der Waals surface area (Å²) in [7, 11) is 0. The third-order valence-electron chi connectivity index (χ3n) is 22.7. The lowest BCUT2D eigenvalue weighted by Crippen LogP contribution is -2.54. The summed E-state index contributed by atoms with van der Waals surface area (Å²) in [6.45, 7) is 30.3. The summed E-state index contributed by atoms with van der Waals surface area (Å²) in [6, 6.07) is 108. The zero-order chi connectivity index (χ0) is 69.5. The Morgan fingerprint density at radius 1 is 0.273 bits per heavy atom. The van der Waals surface area contributed by atoms with Crippen molar-refractivity contribution in [1.29, 1.82) is 0 Å². The van der Waals surface area contributed by atoms with E-state index < -0.39 is 11.0 Å². The molecule has 12 aromatic carbocycles. The lowest BCUT2D eigenvalue weighted by molar-refractivity contribution is -0.0581. The van der Waals surface area contributed by atoms with Gasteiger partial charge in [0.05, 0.1) is 6.61 Å². The smallest absolute Gasteiger partial charge is 0.167 e. The van der Waals surface area contributed by atoms with Gasteiger partial charge in [-0.1, -0.05) is 347 Å². The predicted octanol–water partition coefficient (Wildman–Crippen LogP) is 24.7. The lowest BCUT2D eigenvalue weighted by Gasteiger charge is -2.52. The Morgan fingerprint density at radius 2 is 0.495 bits per heavy atom. The van der Waals surface area contributed by atoms with Crippen molar-refractivity contribution in [2.45, 2.75) is 149 Å². The maximum atomic E-state index is 14.0. The Kier molecular flexibility index (Phi) is 21.2. The van der Waals surface area contributed by atoms with Crippen LogP contribution < -0.4 is 4.74 Å². The van der Waals surface area contributed by atoms with Crippen LogP contribution in [0, 0.1) is 33.1 Å². The van der Waals surface area contributed by atoms with E-state index >= 15 is 0 Å². The van der Waals surface area contributed by atoms with E-state index in [4.69, 9.17) is 0 Å². The van der Waals surface area contributed by atoms with E-state index in [-0.39, 0.29) is 54.0 Å². The van der Waals surface area contributed by atoms with Crippen LogP contribution in [0.5, 0.6) is 5.75 Å². The van der Waals surface area contributed by atoms with E-state index in [1.54, 1.807) is 0 Å². The van der Waals surface area contributed by atoms with Crippen LogP contribution in [0.25, 0.3) is 0 Å². The Labute approximate surface area is 592 Å². The minimum atomic E-state index is -1.49. The molecule has 0 aromatic heterocycles. The summed E-state index contributed by atoms with van der Waals surface area (Å²) >= 11 is 0. The van der Waals surface area contributed by atoms with Crippen molar-refractivity contribution in [2.24, 2.45) is 5.41 Å². The first-order valence-corrected chi connectivity index (χ1v) is 36.2. The number of hydrogen-bond acceptors (Lipinski definition) is 2. The van der Waals surface area contributed by atoms with Gasteiger partial charge >= 0.3 is 0 Å². The summed E-state index contributed by atoms with van der Waals surface area (Å²) in [5.41, 5.74) is 24.9. The molecule has 0 aliphatic heterocycles. The van der Waals surface area contributed by atoms with Crippen LogP contribution in [0.1, 0.15) is 238 Å². The van der Waals surface area contributed by atoms with E-state index in [1.807, 2.05) is 0 Å². The van der Waals surface area contributed by atoms with Crippen LogP contribution in [0.3, 0.4) is 0 Å². The Balaban J connectivity index is 1.27. The Bertz CT molecular complexity index is 4500. The van der Waals surface area contributed by atoms with E-state index in [9.17, 15) is 9.84 Å². The molecular weight excluding hydrogens is 1200 g/mol. The van der Waals surface area contributed by atoms with E-state index in [2.05, 4.69) is 381 Å². The lowest BCUT2D eigenvalue weighted by atomic mass is 9.59. The SMILES string of the molecule is Cc1cc(CC(C)(CO)C(Oc2cc(C)c(C(C)c3ccccc3)cc2C(C)c2ccccc2)(c2cc(C)c(C(C)c3ccccc3)cc2C(C)c2ccccc2)c2cc(C)c(C(C)c3ccccc3)cc2C(C)c2ccccc2)c(C(C)c2ccccc2)cc1C(C)c1ccccc1. The van der Waals surface area contributed by atoms with Crippen molar-refractivity contribution >= 4 is 0 Å². The number of hydrogen-bond donors (Lipinski definition) is 1. The first-order chi connectivity index (χ1) is 47.9. The van der Waals surface area contributed by atoms with Crippen LogP contribution >= 0.6 is 0 Å². The van der Waals surface area contributed by atoms with Gasteiger partial charge in [0.2, 0.25) is 0 Å². The normalized spacial score (nSPS) is 15.3. The van der Waals surface area contributed by atoms with Gasteiger partial charge in [0, 0.05) is 69.4 Å². The molecule has 500 valence electrons. The largest absolute Gasteiger partial charge is 0.477 e. The highest BCUT2D eigenvalue weighted by Gasteiger charge is 2.57. The number of rotatable bonds is 24. The molecule has 2 nitrogen and oxygen atoms in total. The molecule has 0 radical (unpaired) electrons. The third-order valence-corrected chi connectivity index (χ3v) is 22.7. The van der Waals surface area contributed by atoms with Crippen molar-refractivity contribution in [2.75, 3.05) is 6.61 Å². The van der Waals surface area contributed by atoms with Crippen LogP contribution in [-0.2, 0) is 12.0 Å². The van der Waals surface area contributed by atoms with Gasteiger partial charge < -0.3 is 9.84 Å². The monoisotopic (exact) mass is 1300 g/mol. The molecule has 99 heavy (non-hydrogen) atoms. The van der Waals surface area contributed by atoms with Crippen molar-refractivity contribution in [3.8, 4) is 5.75 Å². The minimum Gasteiger partial charge on any atom is -0.477 e. The fourth-order valence-corrected chi connectivity index (χ4v) is 16.5. The molecule has 0 aliphatic carbocycles. The highest BCUT2D eigenvalue weighted by molar-refractivity contribution is 5.61. The van der Waals surface area contributed by atoms with Gasteiger partial charge in [-0.25, -0.2) is 0 Å². The number of aliphatic hydroxyl groups is 1. The summed E-state index contributed by atoms with van der Waals surface area (Å²) in [4.78, 5) is 0. The minimum absolute atomic E-state index is 0.00811. The molecular formula is C97H100O2. The van der Waals surface area contributed by atoms with Crippen molar-refractivity contribution in [3.63, 3.8) is 0 Å². The number of ether oxygens (including phenoxy) is 1. The van der Waals surface area contributed by atoms with Crippen LogP contribution in [0.4, 0.5) is 0 Å². The molecule has 12 rings (SSSR count). The third kappa shape index (κ3) is 14.1. The molecule has 0 spiro atoms. The number of aryl methyl sites for hydroxylation is 4. The van der Waals surface area contributed by atoms with Gasteiger partial charge in [0.1, 0.15) is 5.75 Å². The van der Waals surface area contributed by atoms with Gasteiger partial charge in [0.25, 0.3) is 0 Å². The first kappa shape index (κ1) is 69.3. The molecule has 2 heteroatoms. The van der Waals surface area contributed by atoms with Crippen LogP contribution in [0.15, 0.2) is 291 Å². The topological polar surface area (TPSA) is 29.5 Å². The summed E-state index contributed by atoms with van der Waals surface area (Å²) < 4.78 is 9.21. The Hall–Kier alpha value is -9.60. The maximum Gasteiger partial charge on any atom is 0.167 e. The zero-order valence-electron chi connectivity index (χ0n) is 60.6.